The number of thiazole rings is 1. The third kappa shape index (κ3) is 3.87. The number of carboxylic acids is 1. The van der Waals surface area contributed by atoms with Gasteiger partial charge in [0.05, 0.1) is 17.7 Å². The summed E-state index contributed by atoms with van der Waals surface area (Å²) in [5.74, 6) is -0.550. The maximum atomic E-state index is 13.1. The van der Waals surface area contributed by atoms with Crippen LogP contribution in [0.2, 0.25) is 0 Å². The number of hydrogen-bond donors (Lipinski definition) is 1. The van der Waals surface area contributed by atoms with E-state index in [1.54, 1.807) is 17.5 Å². The van der Waals surface area contributed by atoms with Crippen molar-refractivity contribution in [2.45, 2.75) is 13.0 Å². The van der Waals surface area contributed by atoms with Crippen molar-refractivity contribution in [2.75, 3.05) is 0 Å². The molecule has 0 radical (unpaired) electrons. The Bertz CT molecular complexity index is 1140. The van der Waals surface area contributed by atoms with Gasteiger partial charge in [-0.3, -0.25) is 4.79 Å². The predicted octanol–water partition coefficient (Wildman–Crippen LogP) is 5.31. The van der Waals surface area contributed by atoms with Crippen molar-refractivity contribution in [1.29, 1.82) is 0 Å². The number of ether oxygens (including phenoxy) is 1. The molecule has 140 valence electrons. The third-order valence-corrected chi connectivity index (χ3v) is 5.20. The lowest BCUT2D eigenvalue weighted by Gasteiger charge is -2.13. The number of halogens is 1. The van der Waals surface area contributed by atoms with E-state index in [2.05, 4.69) is 4.98 Å². The topological polar surface area (TPSA) is 59.4 Å². The average Bonchev–Trinajstić information content (AvgIpc) is 3.14. The summed E-state index contributed by atoms with van der Waals surface area (Å²) in [5.41, 5.74) is 2.21. The van der Waals surface area contributed by atoms with Gasteiger partial charge in [0.25, 0.3) is 0 Å². The Balaban J connectivity index is 1.73. The van der Waals surface area contributed by atoms with Crippen molar-refractivity contribution < 1.29 is 19.0 Å². The van der Waals surface area contributed by atoms with Gasteiger partial charge in [0.1, 0.15) is 23.2 Å². The largest absolute Gasteiger partial charge is 0.488 e. The molecule has 0 bridgehead atoms. The van der Waals surface area contributed by atoms with E-state index in [1.807, 2.05) is 36.4 Å². The molecule has 4 rings (SSSR count). The van der Waals surface area contributed by atoms with Crippen LogP contribution in [0.25, 0.3) is 21.3 Å². The molecule has 0 amide bonds. The molecular weight excluding hydrogens is 377 g/mol. The summed E-state index contributed by atoms with van der Waals surface area (Å²) in [5, 5.41) is 13.5. The lowest BCUT2D eigenvalue weighted by Crippen LogP contribution is -2.00. The van der Waals surface area contributed by atoms with Crippen molar-refractivity contribution in [2.24, 2.45) is 0 Å². The van der Waals surface area contributed by atoms with E-state index < -0.39 is 5.97 Å². The van der Waals surface area contributed by atoms with Gasteiger partial charge in [0, 0.05) is 5.38 Å². The molecule has 0 spiro atoms. The van der Waals surface area contributed by atoms with Crippen LogP contribution in [0.4, 0.5) is 4.39 Å². The molecule has 0 saturated heterocycles. The SMILES string of the molecule is O=C(O)Cc1csc(-c2c(OCc3ccc(F)cc3)ccc3ccccc23)n1. The van der Waals surface area contributed by atoms with E-state index in [0.717, 1.165) is 21.9 Å². The Morgan fingerprint density at radius 1 is 1.07 bits per heavy atom. The van der Waals surface area contributed by atoms with Crippen LogP contribution in [0.1, 0.15) is 11.3 Å². The highest BCUT2D eigenvalue weighted by atomic mass is 32.1. The number of fused-ring (bicyclic) bond motifs is 1. The lowest BCUT2D eigenvalue weighted by atomic mass is 10.0. The fraction of sp³-hybridized carbons (Fsp3) is 0.0909. The van der Waals surface area contributed by atoms with Crippen LogP contribution in [0.15, 0.2) is 66.0 Å². The van der Waals surface area contributed by atoms with Crippen LogP contribution < -0.4 is 4.74 Å². The Morgan fingerprint density at radius 3 is 2.64 bits per heavy atom. The monoisotopic (exact) mass is 393 g/mol. The number of rotatable bonds is 6. The van der Waals surface area contributed by atoms with Gasteiger partial charge in [-0.1, -0.05) is 42.5 Å². The van der Waals surface area contributed by atoms with Gasteiger partial charge >= 0.3 is 5.97 Å². The van der Waals surface area contributed by atoms with Gasteiger partial charge in [0.15, 0.2) is 0 Å². The molecule has 0 aliphatic heterocycles. The highest BCUT2D eigenvalue weighted by Gasteiger charge is 2.16. The summed E-state index contributed by atoms with van der Waals surface area (Å²) >= 11 is 1.39. The first-order chi connectivity index (χ1) is 13.6. The molecule has 4 nitrogen and oxygen atoms in total. The van der Waals surface area contributed by atoms with Crippen molar-refractivity contribution in [1.82, 2.24) is 4.98 Å². The molecule has 3 aromatic carbocycles. The van der Waals surface area contributed by atoms with Crippen LogP contribution >= 0.6 is 11.3 Å². The van der Waals surface area contributed by atoms with E-state index in [4.69, 9.17) is 9.84 Å². The zero-order valence-corrected chi connectivity index (χ0v) is 15.6. The minimum Gasteiger partial charge on any atom is -0.488 e. The number of carboxylic acid groups (broad SMARTS) is 1. The number of hydrogen-bond acceptors (Lipinski definition) is 4. The summed E-state index contributed by atoms with van der Waals surface area (Å²) in [6.07, 6.45) is -0.118. The molecule has 0 unspecified atom stereocenters. The number of nitrogens with zero attached hydrogens (tertiary/aromatic N) is 1. The second-order valence-corrected chi connectivity index (χ2v) is 7.15. The molecule has 0 fully saturated rings. The number of aliphatic carboxylic acids is 1. The Kier molecular flexibility index (Phi) is 5.04. The Morgan fingerprint density at radius 2 is 1.86 bits per heavy atom. The number of benzene rings is 3. The fourth-order valence-corrected chi connectivity index (χ4v) is 3.87. The second-order valence-electron chi connectivity index (χ2n) is 6.29. The highest BCUT2D eigenvalue weighted by Crippen LogP contribution is 2.39. The van der Waals surface area contributed by atoms with Crippen LogP contribution in [0, 0.1) is 5.82 Å². The maximum Gasteiger partial charge on any atom is 0.309 e. The second kappa shape index (κ2) is 7.78. The van der Waals surface area contributed by atoms with Crippen LogP contribution in [-0.4, -0.2) is 16.1 Å². The van der Waals surface area contributed by atoms with Gasteiger partial charge in [-0.05, 0) is 34.5 Å². The summed E-state index contributed by atoms with van der Waals surface area (Å²) in [6, 6.07) is 17.9. The minimum atomic E-state index is -0.914. The number of carbonyl (C=O) groups is 1. The van der Waals surface area contributed by atoms with E-state index >= 15 is 0 Å². The van der Waals surface area contributed by atoms with Crippen LogP contribution in [0.3, 0.4) is 0 Å². The van der Waals surface area contributed by atoms with Gasteiger partial charge in [-0.2, -0.15) is 0 Å². The zero-order valence-electron chi connectivity index (χ0n) is 14.8. The van der Waals surface area contributed by atoms with Gasteiger partial charge < -0.3 is 9.84 Å². The predicted molar refractivity (Wildman–Crippen MR) is 107 cm³/mol. The minimum absolute atomic E-state index is 0.118. The summed E-state index contributed by atoms with van der Waals surface area (Å²) in [7, 11) is 0. The summed E-state index contributed by atoms with van der Waals surface area (Å²) in [6.45, 7) is 0.291. The van der Waals surface area contributed by atoms with Crippen LogP contribution in [0.5, 0.6) is 5.75 Å². The molecule has 0 aliphatic rings. The van der Waals surface area contributed by atoms with Crippen LogP contribution in [-0.2, 0) is 17.8 Å². The molecule has 1 aromatic heterocycles. The molecule has 4 aromatic rings. The molecular formula is C22H16FNO3S. The first-order valence-electron chi connectivity index (χ1n) is 8.66. The molecule has 1 heterocycles. The summed E-state index contributed by atoms with van der Waals surface area (Å²) in [4.78, 5) is 15.5. The Hall–Kier alpha value is -3.25. The fourth-order valence-electron chi connectivity index (χ4n) is 2.99. The quantitative estimate of drug-likeness (QED) is 0.482. The first kappa shape index (κ1) is 18.1. The van der Waals surface area contributed by atoms with E-state index in [-0.39, 0.29) is 12.2 Å². The van der Waals surface area contributed by atoms with Gasteiger partial charge in [-0.15, -0.1) is 11.3 Å². The Labute approximate surface area is 164 Å². The molecule has 0 atom stereocenters. The van der Waals surface area contributed by atoms with Crippen molar-refractivity contribution >= 4 is 28.1 Å². The third-order valence-electron chi connectivity index (χ3n) is 4.30. The normalized spacial score (nSPS) is 10.9. The van der Waals surface area contributed by atoms with Crippen molar-refractivity contribution in [3.05, 3.63) is 83.1 Å². The molecule has 28 heavy (non-hydrogen) atoms. The summed E-state index contributed by atoms with van der Waals surface area (Å²) < 4.78 is 19.2. The standard InChI is InChI=1S/C22H16FNO3S/c23-16-8-5-14(6-9-16)12-27-19-10-7-15-3-1-2-4-18(15)21(19)22-24-17(13-28-22)11-20(25)26/h1-10,13H,11-12H2,(H,25,26). The maximum absolute atomic E-state index is 13.1. The average molecular weight is 393 g/mol. The van der Waals surface area contributed by atoms with Crippen molar-refractivity contribution in [3.63, 3.8) is 0 Å². The van der Waals surface area contributed by atoms with E-state index in [0.29, 0.717) is 23.1 Å². The molecule has 0 aliphatic carbocycles. The zero-order chi connectivity index (χ0) is 19.5. The highest BCUT2D eigenvalue weighted by molar-refractivity contribution is 7.13. The molecule has 6 heteroatoms. The lowest BCUT2D eigenvalue weighted by molar-refractivity contribution is -0.136. The van der Waals surface area contributed by atoms with E-state index in [9.17, 15) is 9.18 Å². The van der Waals surface area contributed by atoms with Crippen molar-refractivity contribution in [3.8, 4) is 16.3 Å². The smallest absolute Gasteiger partial charge is 0.309 e. The first-order valence-corrected chi connectivity index (χ1v) is 9.53. The molecule has 0 saturated carbocycles. The van der Waals surface area contributed by atoms with Gasteiger partial charge in [0.2, 0.25) is 0 Å². The van der Waals surface area contributed by atoms with Gasteiger partial charge in [-0.25, -0.2) is 9.37 Å². The molecule has 1 N–H and O–H groups in total. The van der Waals surface area contributed by atoms with E-state index in [1.165, 1.54) is 23.5 Å². The number of aromatic nitrogens is 1.